The first kappa shape index (κ1) is 13.9. The number of aromatic nitrogens is 2. The highest BCUT2D eigenvalue weighted by Crippen LogP contribution is 2.30. The van der Waals surface area contributed by atoms with Crippen molar-refractivity contribution in [2.75, 3.05) is 37.5 Å². The molecule has 2 heterocycles. The number of alkyl halides is 3. The van der Waals surface area contributed by atoms with Crippen LogP contribution in [-0.2, 0) is 10.9 Å². The van der Waals surface area contributed by atoms with Gasteiger partial charge in [-0.15, -0.1) is 0 Å². The van der Waals surface area contributed by atoms with Crippen molar-refractivity contribution in [1.82, 2.24) is 9.97 Å². The molecule has 1 unspecified atom stereocenters. The van der Waals surface area contributed by atoms with Crippen LogP contribution in [0, 0.1) is 0 Å². The molecule has 1 saturated heterocycles. The van der Waals surface area contributed by atoms with Crippen molar-refractivity contribution in [3.63, 3.8) is 0 Å². The predicted molar refractivity (Wildman–Crippen MR) is 64.2 cm³/mol. The number of halogens is 3. The van der Waals surface area contributed by atoms with Gasteiger partial charge in [-0.2, -0.15) is 13.2 Å². The molecule has 106 valence electrons. The van der Waals surface area contributed by atoms with Crippen LogP contribution in [0.4, 0.5) is 24.8 Å². The molecule has 1 aliphatic heterocycles. The Morgan fingerprint density at radius 1 is 1.42 bits per heavy atom. The Hall–Kier alpha value is -1.57. The SMILES string of the molecule is CNc1cc(N2CCC(OC)C2)nc(C(F)(F)F)n1. The largest absolute Gasteiger partial charge is 0.451 e. The van der Waals surface area contributed by atoms with E-state index in [1.54, 1.807) is 12.0 Å². The van der Waals surface area contributed by atoms with E-state index in [4.69, 9.17) is 4.74 Å². The molecule has 0 amide bonds. The van der Waals surface area contributed by atoms with E-state index in [1.807, 2.05) is 0 Å². The van der Waals surface area contributed by atoms with Crippen LogP contribution in [0.1, 0.15) is 12.2 Å². The molecule has 8 heteroatoms. The molecule has 0 bridgehead atoms. The molecule has 19 heavy (non-hydrogen) atoms. The Bertz CT molecular complexity index is 452. The van der Waals surface area contributed by atoms with E-state index in [1.165, 1.54) is 13.1 Å². The minimum atomic E-state index is -4.55. The van der Waals surface area contributed by atoms with E-state index in [0.717, 1.165) is 6.42 Å². The molecule has 0 aliphatic carbocycles. The van der Waals surface area contributed by atoms with Gasteiger partial charge in [0.15, 0.2) is 0 Å². The standard InChI is InChI=1S/C11H15F3N4O/c1-15-8-5-9(17-10(16-8)11(12,13)14)18-4-3-7(6-18)19-2/h5,7H,3-4,6H2,1-2H3,(H,15,16,17). The molecule has 0 spiro atoms. The molecule has 0 saturated carbocycles. The van der Waals surface area contributed by atoms with Gasteiger partial charge in [-0.25, -0.2) is 9.97 Å². The molecular formula is C11H15F3N4O. The van der Waals surface area contributed by atoms with Crippen LogP contribution in [0.25, 0.3) is 0 Å². The van der Waals surface area contributed by atoms with Gasteiger partial charge in [0.25, 0.3) is 0 Å². The normalized spacial score (nSPS) is 19.8. The maximum atomic E-state index is 12.7. The number of hydrogen-bond donors (Lipinski definition) is 1. The number of rotatable bonds is 3. The van der Waals surface area contributed by atoms with Crippen molar-refractivity contribution in [2.45, 2.75) is 18.7 Å². The number of ether oxygens (including phenoxy) is 1. The van der Waals surface area contributed by atoms with Gasteiger partial charge in [-0.1, -0.05) is 0 Å². The Labute approximate surface area is 108 Å². The van der Waals surface area contributed by atoms with Crippen LogP contribution in [0.3, 0.4) is 0 Å². The molecule has 1 N–H and O–H groups in total. The first-order valence-electron chi connectivity index (χ1n) is 5.86. The fourth-order valence-corrected chi connectivity index (χ4v) is 1.98. The van der Waals surface area contributed by atoms with Crippen molar-refractivity contribution in [3.05, 3.63) is 11.9 Å². The Morgan fingerprint density at radius 3 is 2.68 bits per heavy atom. The fraction of sp³-hybridized carbons (Fsp3) is 0.636. The lowest BCUT2D eigenvalue weighted by molar-refractivity contribution is -0.144. The second-order valence-corrected chi connectivity index (χ2v) is 4.28. The zero-order valence-electron chi connectivity index (χ0n) is 10.7. The minimum absolute atomic E-state index is 0.0299. The van der Waals surface area contributed by atoms with Gasteiger partial charge in [0.05, 0.1) is 6.10 Å². The van der Waals surface area contributed by atoms with Gasteiger partial charge in [0, 0.05) is 33.3 Å². The Morgan fingerprint density at radius 2 is 2.16 bits per heavy atom. The van der Waals surface area contributed by atoms with Crippen LogP contribution in [0.2, 0.25) is 0 Å². The summed E-state index contributed by atoms with van der Waals surface area (Å²) in [6.07, 6.45) is -3.75. The average molecular weight is 276 g/mol. The topological polar surface area (TPSA) is 50.3 Å². The second kappa shape index (κ2) is 5.20. The third-order valence-electron chi connectivity index (χ3n) is 3.02. The van der Waals surface area contributed by atoms with Crippen molar-refractivity contribution in [2.24, 2.45) is 0 Å². The zero-order valence-corrected chi connectivity index (χ0v) is 10.7. The quantitative estimate of drug-likeness (QED) is 0.911. The van der Waals surface area contributed by atoms with E-state index in [0.29, 0.717) is 13.1 Å². The van der Waals surface area contributed by atoms with E-state index in [9.17, 15) is 13.2 Å². The smallest absolute Gasteiger partial charge is 0.380 e. The average Bonchev–Trinajstić information content (AvgIpc) is 2.86. The summed E-state index contributed by atoms with van der Waals surface area (Å²) >= 11 is 0. The number of nitrogens with zero attached hydrogens (tertiary/aromatic N) is 3. The second-order valence-electron chi connectivity index (χ2n) is 4.28. The summed E-state index contributed by atoms with van der Waals surface area (Å²) in [5.74, 6) is -0.709. The van der Waals surface area contributed by atoms with Gasteiger partial charge in [0.1, 0.15) is 11.6 Å². The monoisotopic (exact) mass is 276 g/mol. The van der Waals surface area contributed by atoms with E-state index in [-0.39, 0.29) is 17.7 Å². The maximum Gasteiger partial charge on any atom is 0.451 e. The highest BCUT2D eigenvalue weighted by Gasteiger charge is 2.36. The highest BCUT2D eigenvalue weighted by molar-refractivity contribution is 5.50. The first-order chi connectivity index (χ1) is 8.94. The summed E-state index contributed by atoms with van der Waals surface area (Å²) in [6, 6.07) is 1.51. The molecule has 1 aromatic heterocycles. The molecule has 5 nitrogen and oxygen atoms in total. The summed E-state index contributed by atoms with van der Waals surface area (Å²) in [4.78, 5) is 8.80. The lowest BCUT2D eigenvalue weighted by Crippen LogP contribution is -2.25. The molecule has 1 aliphatic rings. The number of hydrogen-bond acceptors (Lipinski definition) is 5. The fourth-order valence-electron chi connectivity index (χ4n) is 1.98. The molecule has 1 fully saturated rings. The van der Waals surface area contributed by atoms with Crippen LogP contribution < -0.4 is 10.2 Å². The van der Waals surface area contributed by atoms with Crippen molar-refractivity contribution < 1.29 is 17.9 Å². The van der Waals surface area contributed by atoms with Crippen molar-refractivity contribution in [1.29, 1.82) is 0 Å². The Kier molecular flexibility index (Phi) is 3.79. The lowest BCUT2D eigenvalue weighted by atomic mass is 10.3. The van der Waals surface area contributed by atoms with E-state index in [2.05, 4.69) is 15.3 Å². The summed E-state index contributed by atoms with van der Waals surface area (Å²) < 4.78 is 43.3. The third-order valence-corrected chi connectivity index (χ3v) is 3.02. The summed E-state index contributed by atoms with van der Waals surface area (Å²) in [6.45, 7) is 1.16. The Balaban J connectivity index is 2.30. The van der Waals surface area contributed by atoms with Gasteiger partial charge in [-0.3, -0.25) is 0 Å². The van der Waals surface area contributed by atoms with Gasteiger partial charge in [0.2, 0.25) is 5.82 Å². The summed E-state index contributed by atoms with van der Waals surface area (Å²) in [7, 11) is 3.11. The molecular weight excluding hydrogens is 261 g/mol. The predicted octanol–water partition coefficient (Wildman–Crippen LogP) is 1.76. The van der Waals surface area contributed by atoms with Crippen LogP contribution in [0.15, 0.2) is 6.07 Å². The van der Waals surface area contributed by atoms with E-state index < -0.39 is 12.0 Å². The van der Waals surface area contributed by atoms with Crippen molar-refractivity contribution >= 4 is 11.6 Å². The lowest BCUT2D eigenvalue weighted by Gasteiger charge is -2.19. The van der Waals surface area contributed by atoms with Gasteiger partial charge in [-0.05, 0) is 6.42 Å². The third kappa shape index (κ3) is 3.06. The highest BCUT2D eigenvalue weighted by atomic mass is 19.4. The van der Waals surface area contributed by atoms with Crippen molar-refractivity contribution in [3.8, 4) is 0 Å². The number of methoxy groups -OCH3 is 1. The number of anilines is 2. The molecule has 0 radical (unpaired) electrons. The molecule has 1 aromatic rings. The van der Waals surface area contributed by atoms with Crippen LogP contribution in [-0.4, -0.2) is 43.3 Å². The summed E-state index contributed by atoms with van der Waals surface area (Å²) in [5, 5.41) is 2.62. The molecule has 2 rings (SSSR count). The maximum absolute atomic E-state index is 12.7. The van der Waals surface area contributed by atoms with E-state index >= 15 is 0 Å². The van der Waals surface area contributed by atoms with Gasteiger partial charge >= 0.3 is 6.18 Å². The molecule has 0 aromatic carbocycles. The van der Waals surface area contributed by atoms with Gasteiger partial charge < -0.3 is 15.0 Å². The van der Waals surface area contributed by atoms with Crippen LogP contribution in [0.5, 0.6) is 0 Å². The molecule has 1 atom stereocenters. The number of nitrogens with one attached hydrogen (secondary N) is 1. The minimum Gasteiger partial charge on any atom is -0.380 e. The first-order valence-corrected chi connectivity index (χ1v) is 5.86. The zero-order chi connectivity index (χ0) is 14.0. The van der Waals surface area contributed by atoms with Crippen LogP contribution >= 0.6 is 0 Å². The summed E-state index contributed by atoms with van der Waals surface area (Å²) in [5.41, 5.74) is 0.